The topological polar surface area (TPSA) is 47.3 Å². The fourth-order valence-electron chi connectivity index (χ4n) is 3.40. The van der Waals surface area contributed by atoms with Gasteiger partial charge in [0.05, 0.1) is 12.9 Å². The molecule has 4 nitrogen and oxygen atoms in total. The van der Waals surface area contributed by atoms with Crippen LogP contribution in [0.3, 0.4) is 0 Å². The molecule has 1 unspecified atom stereocenters. The highest BCUT2D eigenvalue weighted by atomic mass is 16.5. The minimum Gasteiger partial charge on any atom is -0.384 e. The van der Waals surface area contributed by atoms with Crippen LogP contribution >= 0.6 is 0 Å². The molecule has 0 amide bonds. The summed E-state index contributed by atoms with van der Waals surface area (Å²) in [5.74, 6) is 0. The second-order valence-corrected chi connectivity index (χ2v) is 6.49. The molecular weight excluding hydrogens is 312 g/mol. The van der Waals surface area contributed by atoms with Crippen molar-refractivity contribution in [3.63, 3.8) is 0 Å². The molecule has 1 atom stereocenters. The highest BCUT2D eigenvalue weighted by Gasteiger charge is 2.19. The van der Waals surface area contributed by atoms with E-state index in [1.54, 1.807) is 19.6 Å². The first kappa shape index (κ1) is 17.4. The van der Waals surface area contributed by atoms with Gasteiger partial charge in [0.2, 0.25) is 0 Å². The Labute approximate surface area is 148 Å². The van der Waals surface area contributed by atoms with Gasteiger partial charge in [0, 0.05) is 25.2 Å². The first-order valence-electron chi connectivity index (χ1n) is 8.37. The van der Waals surface area contributed by atoms with Crippen LogP contribution in [0.5, 0.6) is 0 Å². The van der Waals surface area contributed by atoms with Gasteiger partial charge in [0.1, 0.15) is 6.10 Å². The number of hydrogen-bond acceptors (Lipinski definition) is 3. The van der Waals surface area contributed by atoms with Crippen LogP contribution in [0.2, 0.25) is 0 Å². The zero-order chi connectivity index (χ0) is 18.0. The average molecular weight is 336 g/mol. The van der Waals surface area contributed by atoms with E-state index in [1.807, 2.05) is 49.7 Å². The van der Waals surface area contributed by atoms with Crippen molar-refractivity contribution in [1.29, 1.82) is 0 Å². The van der Waals surface area contributed by atoms with Crippen molar-refractivity contribution in [3.05, 3.63) is 82.4 Å². The Morgan fingerprint density at radius 1 is 1.08 bits per heavy atom. The maximum atomic E-state index is 11.1. The van der Waals surface area contributed by atoms with Crippen LogP contribution in [-0.4, -0.2) is 21.8 Å². The molecule has 0 saturated heterocycles. The SMILES string of the molecule is COCc1cc(C)c(C(O)c2cc(-n3ccnc3)ccc2C)c(C)c1. The van der Waals surface area contributed by atoms with Crippen molar-refractivity contribution in [3.8, 4) is 5.69 Å². The molecule has 0 radical (unpaired) electrons. The quantitative estimate of drug-likeness (QED) is 0.765. The highest BCUT2D eigenvalue weighted by molar-refractivity contribution is 5.48. The maximum Gasteiger partial charge on any atom is 0.105 e. The molecule has 1 aromatic heterocycles. The number of imidazole rings is 1. The van der Waals surface area contributed by atoms with Crippen LogP contribution in [0.4, 0.5) is 0 Å². The zero-order valence-corrected chi connectivity index (χ0v) is 15.2. The Kier molecular flexibility index (Phi) is 5.02. The number of nitrogens with zero attached hydrogens (tertiary/aromatic N) is 2. The van der Waals surface area contributed by atoms with Gasteiger partial charge in [-0.15, -0.1) is 0 Å². The lowest BCUT2D eigenvalue weighted by Gasteiger charge is -2.21. The number of aliphatic hydroxyl groups is 1. The van der Waals surface area contributed by atoms with Gasteiger partial charge in [0.15, 0.2) is 0 Å². The number of ether oxygens (including phenoxy) is 1. The van der Waals surface area contributed by atoms with Gasteiger partial charge < -0.3 is 14.4 Å². The lowest BCUT2D eigenvalue weighted by molar-refractivity contribution is 0.184. The molecule has 25 heavy (non-hydrogen) atoms. The normalized spacial score (nSPS) is 12.4. The van der Waals surface area contributed by atoms with Gasteiger partial charge in [-0.05, 0) is 66.3 Å². The van der Waals surface area contributed by atoms with E-state index < -0.39 is 6.10 Å². The molecule has 0 spiro atoms. The van der Waals surface area contributed by atoms with Crippen LogP contribution in [0.25, 0.3) is 5.69 Å². The molecule has 0 aliphatic heterocycles. The lowest BCUT2D eigenvalue weighted by atomic mass is 9.90. The first-order chi connectivity index (χ1) is 12.0. The van der Waals surface area contributed by atoms with Crippen LogP contribution in [-0.2, 0) is 11.3 Å². The zero-order valence-electron chi connectivity index (χ0n) is 15.2. The summed E-state index contributed by atoms with van der Waals surface area (Å²) in [6, 6.07) is 10.3. The van der Waals surface area contributed by atoms with E-state index in [9.17, 15) is 5.11 Å². The predicted octanol–water partition coefficient (Wildman–Crippen LogP) is 4.03. The Balaban J connectivity index is 2.04. The van der Waals surface area contributed by atoms with Crippen molar-refractivity contribution < 1.29 is 9.84 Å². The minimum absolute atomic E-state index is 0.577. The van der Waals surface area contributed by atoms with E-state index in [1.165, 1.54) is 0 Å². The average Bonchev–Trinajstić information content (AvgIpc) is 3.09. The van der Waals surface area contributed by atoms with Gasteiger partial charge >= 0.3 is 0 Å². The van der Waals surface area contributed by atoms with Crippen molar-refractivity contribution in [1.82, 2.24) is 9.55 Å². The third-order valence-electron chi connectivity index (χ3n) is 4.60. The lowest BCUT2D eigenvalue weighted by Crippen LogP contribution is -2.08. The van der Waals surface area contributed by atoms with Crippen molar-refractivity contribution >= 4 is 0 Å². The molecule has 3 aromatic rings. The van der Waals surface area contributed by atoms with Crippen LogP contribution in [0.1, 0.15) is 39.5 Å². The number of aliphatic hydroxyl groups excluding tert-OH is 1. The third kappa shape index (κ3) is 3.50. The number of aryl methyl sites for hydroxylation is 3. The molecule has 130 valence electrons. The van der Waals surface area contributed by atoms with Crippen molar-refractivity contribution in [2.45, 2.75) is 33.5 Å². The molecule has 2 aromatic carbocycles. The van der Waals surface area contributed by atoms with E-state index in [0.29, 0.717) is 6.61 Å². The van der Waals surface area contributed by atoms with E-state index in [2.05, 4.69) is 17.1 Å². The summed E-state index contributed by atoms with van der Waals surface area (Å²) in [5, 5.41) is 11.1. The maximum absolute atomic E-state index is 11.1. The number of hydrogen-bond donors (Lipinski definition) is 1. The molecule has 0 aliphatic rings. The molecule has 0 saturated carbocycles. The Bertz CT molecular complexity index is 847. The van der Waals surface area contributed by atoms with Gasteiger partial charge in [-0.3, -0.25) is 0 Å². The standard InChI is InChI=1S/C21H24N2O2/c1-14-5-6-18(23-8-7-22-13-23)11-19(14)21(24)20-15(2)9-17(12-25-4)10-16(20)3/h5-11,13,21,24H,12H2,1-4H3. The van der Waals surface area contributed by atoms with Gasteiger partial charge in [-0.25, -0.2) is 4.98 Å². The molecule has 0 aliphatic carbocycles. The van der Waals surface area contributed by atoms with Gasteiger partial charge in [-0.1, -0.05) is 18.2 Å². The number of benzene rings is 2. The molecule has 1 heterocycles. The van der Waals surface area contributed by atoms with Crippen LogP contribution in [0, 0.1) is 20.8 Å². The Hall–Kier alpha value is -2.43. The smallest absolute Gasteiger partial charge is 0.105 e. The summed E-state index contributed by atoms with van der Waals surface area (Å²) >= 11 is 0. The summed E-state index contributed by atoms with van der Waals surface area (Å²) < 4.78 is 7.17. The molecule has 3 rings (SSSR count). The van der Waals surface area contributed by atoms with Gasteiger partial charge in [0.25, 0.3) is 0 Å². The van der Waals surface area contributed by atoms with E-state index in [-0.39, 0.29) is 0 Å². The number of aromatic nitrogens is 2. The fourth-order valence-corrected chi connectivity index (χ4v) is 3.40. The second kappa shape index (κ2) is 7.21. The van der Waals surface area contributed by atoms with Gasteiger partial charge in [-0.2, -0.15) is 0 Å². The predicted molar refractivity (Wildman–Crippen MR) is 99.0 cm³/mol. The van der Waals surface area contributed by atoms with Crippen LogP contribution in [0.15, 0.2) is 49.1 Å². The summed E-state index contributed by atoms with van der Waals surface area (Å²) in [5.41, 5.74) is 7.21. The number of rotatable bonds is 5. The largest absolute Gasteiger partial charge is 0.384 e. The van der Waals surface area contributed by atoms with Crippen LogP contribution < -0.4 is 0 Å². The highest BCUT2D eigenvalue weighted by Crippen LogP contribution is 2.32. The molecule has 4 heteroatoms. The first-order valence-corrected chi connectivity index (χ1v) is 8.37. The Morgan fingerprint density at radius 3 is 2.40 bits per heavy atom. The fraction of sp³-hybridized carbons (Fsp3) is 0.286. The van der Waals surface area contributed by atoms with Crippen molar-refractivity contribution in [2.24, 2.45) is 0 Å². The van der Waals surface area contributed by atoms with E-state index in [0.717, 1.165) is 39.1 Å². The molecule has 0 fully saturated rings. The second-order valence-electron chi connectivity index (χ2n) is 6.49. The Morgan fingerprint density at radius 2 is 1.80 bits per heavy atom. The minimum atomic E-state index is -0.667. The van der Waals surface area contributed by atoms with Crippen molar-refractivity contribution in [2.75, 3.05) is 7.11 Å². The third-order valence-corrected chi connectivity index (χ3v) is 4.60. The summed E-state index contributed by atoms with van der Waals surface area (Å²) in [7, 11) is 1.69. The summed E-state index contributed by atoms with van der Waals surface area (Å²) in [4.78, 5) is 4.10. The number of methoxy groups -OCH3 is 1. The molecule has 0 bridgehead atoms. The summed E-state index contributed by atoms with van der Waals surface area (Å²) in [6.45, 7) is 6.69. The van der Waals surface area contributed by atoms with E-state index >= 15 is 0 Å². The molecule has 1 N–H and O–H groups in total. The summed E-state index contributed by atoms with van der Waals surface area (Å²) in [6.07, 6.45) is 4.74. The monoisotopic (exact) mass is 336 g/mol. The van der Waals surface area contributed by atoms with E-state index in [4.69, 9.17) is 4.74 Å². The molecular formula is C21H24N2O2.